The van der Waals surface area contributed by atoms with Crippen molar-refractivity contribution in [3.05, 3.63) is 23.8 Å². The Kier molecular flexibility index (Phi) is 2.70. The molecule has 0 saturated carbocycles. The highest BCUT2D eigenvalue weighted by Crippen LogP contribution is 2.35. The van der Waals surface area contributed by atoms with E-state index in [9.17, 15) is 4.79 Å². The molecule has 1 amide bonds. The van der Waals surface area contributed by atoms with E-state index >= 15 is 0 Å². The van der Waals surface area contributed by atoms with Gasteiger partial charge in [-0.1, -0.05) is 6.07 Å². The Hall–Kier alpha value is -0.670. The zero-order valence-corrected chi connectivity index (χ0v) is 9.36. The number of fused-ring (bicyclic) bond motifs is 1. The summed E-state index contributed by atoms with van der Waals surface area (Å²) in [7, 11) is 1.80. The van der Waals surface area contributed by atoms with Crippen LogP contribution in [0.5, 0.6) is 0 Å². The second-order valence-corrected chi connectivity index (χ2v) is 4.46. The maximum absolute atomic E-state index is 11.4. The molecule has 0 atom stereocenters. The molecule has 4 heteroatoms. The molecule has 1 aromatic rings. The Morgan fingerprint density at radius 2 is 2.36 bits per heavy atom. The smallest absolute Gasteiger partial charge is 0.237 e. The van der Waals surface area contributed by atoms with E-state index in [0.717, 1.165) is 16.1 Å². The predicted molar refractivity (Wildman–Crippen MR) is 60.1 cm³/mol. The number of halogens is 1. The normalized spacial score (nSPS) is 15.6. The van der Waals surface area contributed by atoms with Gasteiger partial charge in [0, 0.05) is 17.8 Å². The highest BCUT2D eigenvalue weighted by Gasteiger charge is 2.21. The monoisotopic (exact) mass is 227 g/mol. The quantitative estimate of drug-likeness (QED) is 0.688. The number of nitrogens with zero attached hydrogens (tertiary/aromatic N) is 1. The van der Waals surface area contributed by atoms with Crippen molar-refractivity contribution in [1.82, 2.24) is 0 Å². The number of amides is 1. The van der Waals surface area contributed by atoms with Crippen LogP contribution in [0.1, 0.15) is 5.56 Å². The summed E-state index contributed by atoms with van der Waals surface area (Å²) in [5, 5.41) is 0. The highest BCUT2D eigenvalue weighted by molar-refractivity contribution is 8.00. The first-order chi connectivity index (χ1) is 6.72. The third kappa shape index (κ3) is 1.62. The molecule has 0 radical (unpaired) electrons. The molecule has 14 heavy (non-hydrogen) atoms. The van der Waals surface area contributed by atoms with E-state index in [-0.39, 0.29) is 5.91 Å². The minimum Gasteiger partial charge on any atom is -0.314 e. The number of alkyl halides is 1. The highest BCUT2D eigenvalue weighted by atomic mass is 35.5. The minimum absolute atomic E-state index is 0.147. The summed E-state index contributed by atoms with van der Waals surface area (Å²) in [6.45, 7) is 0. The van der Waals surface area contributed by atoms with Gasteiger partial charge in [-0.15, -0.1) is 23.4 Å². The van der Waals surface area contributed by atoms with Gasteiger partial charge in [-0.2, -0.15) is 0 Å². The van der Waals surface area contributed by atoms with E-state index in [1.165, 1.54) is 0 Å². The van der Waals surface area contributed by atoms with Crippen molar-refractivity contribution >= 4 is 35.0 Å². The standard InChI is InChI=1S/C10H10ClNOS/c1-12-8-4-7(5-11)2-3-9(8)14-6-10(12)13/h2-4H,5-6H2,1H3. The molecule has 0 saturated heterocycles. The Morgan fingerprint density at radius 1 is 1.57 bits per heavy atom. The topological polar surface area (TPSA) is 20.3 Å². The molecule has 0 N–H and O–H groups in total. The van der Waals surface area contributed by atoms with Crippen molar-refractivity contribution in [2.75, 3.05) is 17.7 Å². The van der Waals surface area contributed by atoms with Gasteiger partial charge >= 0.3 is 0 Å². The van der Waals surface area contributed by atoms with Crippen molar-refractivity contribution in [1.29, 1.82) is 0 Å². The molecule has 1 aliphatic rings. The zero-order valence-electron chi connectivity index (χ0n) is 7.79. The average molecular weight is 228 g/mol. The molecule has 0 unspecified atom stereocenters. The van der Waals surface area contributed by atoms with Gasteiger partial charge in [0.05, 0.1) is 11.4 Å². The largest absolute Gasteiger partial charge is 0.314 e. The van der Waals surface area contributed by atoms with Gasteiger partial charge in [0.15, 0.2) is 0 Å². The third-order valence-electron chi connectivity index (χ3n) is 2.26. The van der Waals surface area contributed by atoms with Crippen LogP contribution < -0.4 is 4.90 Å². The Bertz CT molecular complexity index is 380. The molecule has 0 aliphatic carbocycles. The molecule has 0 spiro atoms. The van der Waals surface area contributed by atoms with Crippen LogP contribution in [0.3, 0.4) is 0 Å². The number of hydrogen-bond donors (Lipinski definition) is 0. The summed E-state index contributed by atoms with van der Waals surface area (Å²) in [5.41, 5.74) is 2.02. The van der Waals surface area contributed by atoms with Gasteiger partial charge in [-0.25, -0.2) is 0 Å². The van der Waals surface area contributed by atoms with Gasteiger partial charge < -0.3 is 4.90 Å². The number of carbonyl (C=O) groups excluding carboxylic acids is 1. The fraction of sp³-hybridized carbons (Fsp3) is 0.300. The van der Waals surface area contributed by atoms with Crippen LogP contribution in [0, 0.1) is 0 Å². The molecule has 1 aliphatic heterocycles. The van der Waals surface area contributed by atoms with Crippen LogP contribution in [0.2, 0.25) is 0 Å². The van der Waals surface area contributed by atoms with Crippen molar-refractivity contribution in [2.24, 2.45) is 0 Å². The second-order valence-electron chi connectivity index (χ2n) is 3.18. The molecule has 1 aromatic carbocycles. The number of anilines is 1. The van der Waals surface area contributed by atoms with Crippen LogP contribution in [-0.4, -0.2) is 18.7 Å². The molecule has 2 nitrogen and oxygen atoms in total. The van der Waals surface area contributed by atoms with E-state index in [2.05, 4.69) is 0 Å². The molecule has 0 bridgehead atoms. The van der Waals surface area contributed by atoms with Crippen LogP contribution in [0.4, 0.5) is 5.69 Å². The summed E-state index contributed by atoms with van der Waals surface area (Å²) in [5.74, 6) is 1.16. The number of benzene rings is 1. The lowest BCUT2D eigenvalue weighted by molar-refractivity contribution is -0.116. The van der Waals surface area contributed by atoms with Crippen LogP contribution in [0.25, 0.3) is 0 Å². The molecule has 1 heterocycles. The first-order valence-electron chi connectivity index (χ1n) is 4.30. The number of hydrogen-bond acceptors (Lipinski definition) is 2. The summed E-state index contributed by atoms with van der Waals surface area (Å²) in [6.07, 6.45) is 0. The van der Waals surface area contributed by atoms with Crippen LogP contribution in [-0.2, 0) is 10.7 Å². The molecule has 2 rings (SSSR count). The zero-order chi connectivity index (χ0) is 10.1. The summed E-state index contributed by atoms with van der Waals surface area (Å²) >= 11 is 7.33. The summed E-state index contributed by atoms with van der Waals surface area (Å²) < 4.78 is 0. The molecule has 74 valence electrons. The van der Waals surface area contributed by atoms with Gasteiger partial charge in [0.1, 0.15) is 0 Å². The second kappa shape index (κ2) is 3.83. The lowest BCUT2D eigenvalue weighted by atomic mass is 10.2. The fourth-order valence-corrected chi connectivity index (χ4v) is 2.55. The van der Waals surface area contributed by atoms with Crippen molar-refractivity contribution in [3.8, 4) is 0 Å². The maximum atomic E-state index is 11.4. The number of carbonyl (C=O) groups is 1. The van der Waals surface area contributed by atoms with E-state index in [0.29, 0.717) is 11.6 Å². The third-order valence-corrected chi connectivity index (χ3v) is 3.62. The van der Waals surface area contributed by atoms with Crippen molar-refractivity contribution in [2.45, 2.75) is 10.8 Å². The SMILES string of the molecule is CN1C(=O)CSc2ccc(CCl)cc21. The van der Waals surface area contributed by atoms with Crippen LogP contribution in [0.15, 0.2) is 23.1 Å². The van der Waals surface area contributed by atoms with E-state index in [4.69, 9.17) is 11.6 Å². The fourth-order valence-electron chi connectivity index (χ4n) is 1.40. The molecular formula is C10H10ClNOS. The van der Waals surface area contributed by atoms with Gasteiger partial charge in [0.2, 0.25) is 5.91 Å². The van der Waals surface area contributed by atoms with Gasteiger partial charge in [-0.05, 0) is 17.7 Å². The lowest BCUT2D eigenvalue weighted by Gasteiger charge is -2.25. The van der Waals surface area contributed by atoms with Gasteiger partial charge in [-0.3, -0.25) is 4.79 Å². The Labute approximate surface area is 92.2 Å². The van der Waals surface area contributed by atoms with Crippen molar-refractivity contribution < 1.29 is 4.79 Å². The first kappa shape index (κ1) is 9.87. The average Bonchev–Trinajstić information content (AvgIpc) is 2.23. The van der Waals surface area contributed by atoms with E-state index in [1.54, 1.807) is 23.7 Å². The van der Waals surface area contributed by atoms with Crippen LogP contribution >= 0.6 is 23.4 Å². The molecule has 0 aromatic heterocycles. The van der Waals surface area contributed by atoms with Crippen molar-refractivity contribution in [3.63, 3.8) is 0 Å². The Balaban J connectivity index is 2.46. The molecule has 0 fully saturated rings. The molecular weight excluding hydrogens is 218 g/mol. The van der Waals surface area contributed by atoms with E-state index in [1.807, 2.05) is 18.2 Å². The first-order valence-corrected chi connectivity index (χ1v) is 5.82. The lowest BCUT2D eigenvalue weighted by Crippen LogP contribution is -2.31. The van der Waals surface area contributed by atoms with Gasteiger partial charge in [0.25, 0.3) is 0 Å². The minimum atomic E-state index is 0.147. The number of rotatable bonds is 1. The maximum Gasteiger partial charge on any atom is 0.237 e. The predicted octanol–water partition coefficient (Wildman–Crippen LogP) is 2.49. The number of thioether (sulfide) groups is 1. The Morgan fingerprint density at radius 3 is 3.07 bits per heavy atom. The summed E-state index contributed by atoms with van der Waals surface area (Å²) in [4.78, 5) is 14.3. The van der Waals surface area contributed by atoms with E-state index < -0.39 is 0 Å². The summed E-state index contributed by atoms with van der Waals surface area (Å²) in [6, 6.07) is 6.01.